The predicted octanol–water partition coefficient (Wildman–Crippen LogP) is 5.64. The number of rotatable bonds is 5. The summed E-state index contributed by atoms with van der Waals surface area (Å²) in [5.41, 5.74) is 3.64. The minimum atomic E-state index is -0.680. The van der Waals surface area contributed by atoms with Crippen molar-refractivity contribution in [1.29, 1.82) is 0 Å². The van der Waals surface area contributed by atoms with E-state index in [0.29, 0.717) is 11.3 Å². The number of hydrogen-bond acceptors (Lipinski definition) is 4. The lowest BCUT2D eigenvalue weighted by Crippen LogP contribution is -2.32. The molecule has 166 valence electrons. The fourth-order valence-electron chi connectivity index (χ4n) is 3.41. The average Bonchev–Trinajstić information content (AvgIpc) is 3.00. The van der Waals surface area contributed by atoms with E-state index in [1.165, 1.54) is 0 Å². The molecule has 1 aliphatic heterocycles. The molecule has 0 atom stereocenters. The summed E-state index contributed by atoms with van der Waals surface area (Å²) in [5, 5.41) is 5.77. The summed E-state index contributed by atoms with van der Waals surface area (Å²) >= 11 is 12.4. The van der Waals surface area contributed by atoms with E-state index in [0.717, 1.165) is 21.7 Å². The van der Waals surface area contributed by atoms with Gasteiger partial charge in [-0.15, -0.1) is 0 Å². The molecule has 3 amide bonds. The molecule has 0 bridgehead atoms. The number of hydrogen-bond donors (Lipinski definition) is 2. The van der Waals surface area contributed by atoms with Crippen LogP contribution in [0.25, 0.3) is 0 Å². The van der Waals surface area contributed by atoms with Crippen LogP contribution in [-0.4, -0.2) is 17.7 Å². The highest BCUT2D eigenvalue weighted by atomic mass is 35.5. The molecule has 3 aromatic carbocycles. The SMILES string of the molecule is Cc1ccc(C)c(NC(=O)c2cccc(NC3=C(Cl)C(=O)N(c4ccccc4Cl)C3=O)c2)c1. The van der Waals surface area contributed by atoms with Crippen LogP contribution in [0.1, 0.15) is 21.5 Å². The molecule has 0 spiro atoms. The van der Waals surface area contributed by atoms with Gasteiger partial charge in [0.1, 0.15) is 10.7 Å². The molecule has 3 aromatic rings. The summed E-state index contributed by atoms with van der Waals surface area (Å²) in [7, 11) is 0. The summed E-state index contributed by atoms with van der Waals surface area (Å²) in [6.07, 6.45) is 0. The Labute approximate surface area is 200 Å². The monoisotopic (exact) mass is 479 g/mol. The molecule has 0 saturated heterocycles. The van der Waals surface area contributed by atoms with Crippen molar-refractivity contribution in [2.45, 2.75) is 13.8 Å². The second kappa shape index (κ2) is 9.10. The highest BCUT2D eigenvalue weighted by Crippen LogP contribution is 2.34. The number of nitrogens with one attached hydrogen (secondary N) is 2. The van der Waals surface area contributed by atoms with Gasteiger partial charge in [-0.1, -0.05) is 53.5 Å². The van der Waals surface area contributed by atoms with Gasteiger partial charge < -0.3 is 10.6 Å². The summed E-state index contributed by atoms with van der Waals surface area (Å²) in [5.74, 6) is -1.62. The zero-order valence-corrected chi connectivity index (χ0v) is 19.3. The molecule has 0 saturated carbocycles. The van der Waals surface area contributed by atoms with Gasteiger partial charge in [0.25, 0.3) is 17.7 Å². The molecule has 1 heterocycles. The highest BCUT2D eigenvalue weighted by Gasteiger charge is 2.39. The van der Waals surface area contributed by atoms with Crippen LogP contribution >= 0.6 is 23.2 Å². The lowest BCUT2D eigenvalue weighted by atomic mass is 10.1. The van der Waals surface area contributed by atoms with Crippen LogP contribution in [0, 0.1) is 13.8 Å². The van der Waals surface area contributed by atoms with Gasteiger partial charge in [0.15, 0.2) is 0 Å². The Kier molecular flexibility index (Phi) is 6.22. The lowest BCUT2D eigenvalue weighted by Gasteiger charge is -2.16. The van der Waals surface area contributed by atoms with Gasteiger partial charge in [-0.25, -0.2) is 4.90 Å². The Hall–Kier alpha value is -3.61. The summed E-state index contributed by atoms with van der Waals surface area (Å²) < 4.78 is 0. The normalized spacial score (nSPS) is 13.5. The maximum Gasteiger partial charge on any atom is 0.283 e. The van der Waals surface area contributed by atoms with Crippen LogP contribution in [0.4, 0.5) is 17.1 Å². The maximum absolute atomic E-state index is 13.0. The quantitative estimate of drug-likeness (QED) is 0.463. The standard InChI is InChI=1S/C25H19Cl2N3O3/c1-14-10-11-15(2)19(12-14)29-23(31)16-6-5-7-17(13-16)28-22-21(27)24(32)30(25(22)33)20-9-4-3-8-18(20)26/h3-13,28H,1-2H3,(H,29,31). The van der Waals surface area contributed by atoms with Crippen molar-refractivity contribution in [2.75, 3.05) is 15.5 Å². The van der Waals surface area contributed by atoms with Crippen LogP contribution in [0.15, 0.2) is 77.5 Å². The second-order valence-corrected chi connectivity index (χ2v) is 8.35. The molecule has 0 radical (unpaired) electrons. The average molecular weight is 480 g/mol. The van der Waals surface area contributed by atoms with Gasteiger partial charge in [-0.2, -0.15) is 0 Å². The van der Waals surface area contributed by atoms with Gasteiger partial charge >= 0.3 is 0 Å². The van der Waals surface area contributed by atoms with Crippen LogP contribution in [0.2, 0.25) is 5.02 Å². The van der Waals surface area contributed by atoms with E-state index in [1.54, 1.807) is 48.5 Å². The van der Waals surface area contributed by atoms with Gasteiger partial charge in [0.2, 0.25) is 0 Å². The van der Waals surface area contributed by atoms with Gasteiger partial charge in [0.05, 0.1) is 10.7 Å². The van der Waals surface area contributed by atoms with E-state index in [2.05, 4.69) is 10.6 Å². The first-order chi connectivity index (χ1) is 15.8. The number of halogens is 2. The molecule has 0 unspecified atom stereocenters. The van der Waals surface area contributed by atoms with Crippen LogP contribution in [0.5, 0.6) is 0 Å². The predicted molar refractivity (Wildman–Crippen MR) is 131 cm³/mol. The number of imide groups is 1. The van der Waals surface area contributed by atoms with Crippen molar-refractivity contribution in [3.05, 3.63) is 99.2 Å². The highest BCUT2D eigenvalue weighted by molar-refractivity contribution is 6.53. The van der Waals surface area contributed by atoms with Gasteiger partial charge in [0, 0.05) is 16.9 Å². The van der Waals surface area contributed by atoms with Crippen molar-refractivity contribution in [3.8, 4) is 0 Å². The first-order valence-electron chi connectivity index (χ1n) is 10.0. The molecular weight excluding hydrogens is 461 g/mol. The topological polar surface area (TPSA) is 78.5 Å². The summed E-state index contributed by atoms with van der Waals surface area (Å²) in [4.78, 5) is 39.4. The molecular formula is C25H19Cl2N3O3. The smallest absolute Gasteiger partial charge is 0.283 e. The summed E-state index contributed by atoms with van der Waals surface area (Å²) in [6, 6.07) is 18.9. The van der Waals surface area contributed by atoms with Crippen molar-refractivity contribution in [1.82, 2.24) is 0 Å². The van der Waals surface area contributed by atoms with Crippen molar-refractivity contribution >= 4 is 58.0 Å². The number of nitrogens with zero attached hydrogens (tertiary/aromatic N) is 1. The molecule has 6 nitrogen and oxygen atoms in total. The van der Waals surface area contributed by atoms with Crippen molar-refractivity contribution in [2.24, 2.45) is 0 Å². The van der Waals surface area contributed by atoms with E-state index >= 15 is 0 Å². The molecule has 1 aliphatic rings. The molecule has 0 aromatic heterocycles. The Morgan fingerprint density at radius 2 is 1.64 bits per heavy atom. The fraction of sp³-hybridized carbons (Fsp3) is 0.0800. The van der Waals surface area contributed by atoms with E-state index in [1.807, 2.05) is 32.0 Å². The molecule has 8 heteroatoms. The first-order valence-corrected chi connectivity index (χ1v) is 10.8. The number of benzene rings is 3. The Morgan fingerprint density at radius 1 is 0.879 bits per heavy atom. The molecule has 33 heavy (non-hydrogen) atoms. The van der Waals surface area contributed by atoms with Crippen LogP contribution < -0.4 is 15.5 Å². The molecule has 0 aliphatic carbocycles. The van der Waals surface area contributed by atoms with Crippen LogP contribution in [-0.2, 0) is 9.59 Å². The zero-order chi connectivity index (χ0) is 23.7. The number of amides is 3. The first kappa shape index (κ1) is 22.6. The van der Waals surface area contributed by atoms with E-state index < -0.39 is 11.8 Å². The Bertz CT molecular complexity index is 1330. The van der Waals surface area contributed by atoms with Crippen molar-refractivity contribution in [3.63, 3.8) is 0 Å². The fourth-order valence-corrected chi connectivity index (χ4v) is 3.84. The number of anilines is 3. The third kappa shape index (κ3) is 4.49. The third-order valence-electron chi connectivity index (χ3n) is 5.16. The Balaban J connectivity index is 1.56. The maximum atomic E-state index is 13.0. The molecule has 4 rings (SSSR count). The number of para-hydroxylation sites is 1. The number of carbonyl (C=O) groups excluding carboxylic acids is 3. The number of aryl methyl sites for hydroxylation is 2. The molecule has 2 N–H and O–H groups in total. The minimum absolute atomic E-state index is 0.0892. The third-order valence-corrected chi connectivity index (χ3v) is 5.83. The van der Waals surface area contributed by atoms with E-state index in [-0.39, 0.29) is 27.3 Å². The second-order valence-electron chi connectivity index (χ2n) is 7.56. The van der Waals surface area contributed by atoms with Crippen molar-refractivity contribution < 1.29 is 14.4 Å². The van der Waals surface area contributed by atoms with E-state index in [4.69, 9.17) is 23.2 Å². The number of carbonyl (C=O) groups is 3. The van der Waals surface area contributed by atoms with E-state index in [9.17, 15) is 14.4 Å². The molecule has 0 fully saturated rings. The summed E-state index contributed by atoms with van der Waals surface area (Å²) in [6.45, 7) is 3.86. The minimum Gasteiger partial charge on any atom is -0.350 e. The zero-order valence-electron chi connectivity index (χ0n) is 17.8. The lowest BCUT2D eigenvalue weighted by molar-refractivity contribution is -0.120. The Morgan fingerprint density at radius 3 is 2.39 bits per heavy atom. The van der Waals surface area contributed by atoms with Gasteiger partial charge in [-0.05, 0) is 61.4 Å². The van der Waals surface area contributed by atoms with Crippen LogP contribution in [0.3, 0.4) is 0 Å². The van der Waals surface area contributed by atoms with Gasteiger partial charge in [-0.3, -0.25) is 14.4 Å². The largest absolute Gasteiger partial charge is 0.350 e.